The lowest BCUT2D eigenvalue weighted by Gasteiger charge is -2.29. The van der Waals surface area contributed by atoms with Crippen LogP contribution in [0.3, 0.4) is 0 Å². The van der Waals surface area contributed by atoms with Gasteiger partial charge in [-0.1, -0.05) is 31.9 Å². The molecule has 1 aromatic rings. The third-order valence-electron chi connectivity index (χ3n) is 3.78. The second-order valence-corrected chi connectivity index (χ2v) is 6.29. The van der Waals surface area contributed by atoms with Crippen molar-refractivity contribution < 1.29 is 0 Å². The average Bonchev–Trinajstić information content (AvgIpc) is 2.35. The molecule has 0 bridgehead atoms. The third kappa shape index (κ3) is 3.87. The van der Waals surface area contributed by atoms with Crippen molar-refractivity contribution in [3.05, 3.63) is 27.8 Å². The SMILES string of the molecule is CCCC1CCC(Nc2ccccc2I)CC1. The van der Waals surface area contributed by atoms with Gasteiger partial charge >= 0.3 is 0 Å². The first kappa shape index (κ1) is 13.2. The van der Waals surface area contributed by atoms with E-state index in [2.05, 4.69) is 59.1 Å². The highest BCUT2D eigenvalue weighted by atomic mass is 127. The summed E-state index contributed by atoms with van der Waals surface area (Å²) < 4.78 is 1.33. The topological polar surface area (TPSA) is 12.0 Å². The lowest BCUT2D eigenvalue weighted by Crippen LogP contribution is -2.26. The first-order valence-electron chi connectivity index (χ1n) is 6.80. The highest BCUT2D eigenvalue weighted by Gasteiger charge is 2.20. The van der Waals surface area contributed by atoms with E-state index >= 15 is 0 Å². The van der Waals surface area contributed by atoms with Crippen LogP contribution < -0.4 is 5.32 Å². The maximum atomic E-state index is 3.70. The van der Waals surface area contributed by atoms with Crippen molar-refractivity contribution in [3.63, 3.8) is 0 Å². The van der Waals surface area contributed by atoms with Crippen molar-refractivity contribution in [2.24, 2.45) is 5.92 Å². The number of anilines is 1. The molecule has 0 aromatic heterocycles. The Morgan fingerprint density at radius 3 is 2.53 bits per heavy atom. The summed E-state index contributed by atoms with van der Waals surface area (Å²) in [4.78, 5) is 0. The fraction of sp³-hybridized carbons (Fsp3) is 0.600. The first-order valence-corrected chi connectivity index (χ1v) is 7.88. The van der Waals surface area contributed by atoms with Crippen LogP contribution >= 0.6 is 22.6 Å². The minimum atomic E-state index is 0.694. The van der Waals surface area contributed by atoms with Gasteiger partial charge in [-0.2, -0.15) is 0 Å². The number of benzene rings is 1. The maximum absolute atomic E-state index is 3.70. The van der Waals surface area contributed by atoms with Crippen LogP contribution in [0.5, 0.6) is 0 Å². The molecule has 2 heteroatoms. The van der Waals surface area contributed by atoms with Crippen LogP contribution in [-0.4, -0.2) is 6.04 Å². The Kier molecular flexibility index (Phi) is 5.14. The summed E-state index contributed by atoms with van der Waals surface area (Å²) in [6, 6.07) is 9.28. The normalized spacial score (nSPS) is 24.6. The van der Waals surface area contributed by atoms with Crippen molar-refractivity contribution in [1.29, 1.82) is 0 Å². The molecule has 0 spiro atoms. The average molecular weight is 343 g/mol. The molecule has 0 heterocycles. The Morgan fingerprint density at radius 1 is 1.18 bits per heavy atom. The van der Waals surface area contributed by atoms with Gasteiger partial charge in [0, 0.05) is 15.3 Å². The second-order valence-electron chi connectivity index (χ2n) is 5.13. The van der Waals surface area contributed by atoms with E-state index in [0.29, 0.717) is 6.04 Å². The van der Waals surface area contributed by atoms with Gasteiger partial charge in [-0.25, -0.2) is 0 Å². The number of hydrogen-bond donors (Lipinski definition) is 1. The predicted molar refractivity (Wildman–Crippen MR) is 83.4 cm³/mol. The summed E-state index contributed by atoms with van der Waals surface area (Å²) >= 11 is 2.41. The molecule has 0 amide bonds. The van der Waals surface area contributed by atoms with Gasteiger partial charge in [-0.05, 0) is 66.3 Å². The van der Waals surface area contributed by atoms with Crippen LogP contribution in [0.15, 0.2) is 24.3 Å². The van der Waals surface area contributed by atoms with E-state index in [1.807, 2.05) is 0 Å². The van der Waals surface area contributed by atoms with Gasteiger partial charge < -0.3 is 5.32 Å². The van der Waals surface area contributed by atoms with Crippen molar-refractivity contribution >= 4 is 28.3 Å². The Hall–Kier alpha value is -0.250. The molecule has 17 heavy (non-hydrogen) atoms. The third-order valence-corrected chi connectivity index (χ3v) is 4.72. The number of para-hydroxylation sites is 1. The molecular formula is C15H22IN. The van der Waals surface area contributed by atoms with Gasteiger partial charge in [0.25, 0.3) is 0 Å². The molecule has 0 saturated heterocycles. The standard InChI is InChI=1S/C15H22IN/c1-2-5-12-8-10-13(11-9-12)17-15-7-4-3-6-14(15)16/h3-4,6-7,12-13,17H,2,5,8-11H2,1H3. The molecular weight excluding hydrogens is 321 g/mol. The number of halogens is 1. The summed E-state index contributed by atoms with van der Waals surface area (Å²) in [5.74, 6) is 0.993. The van der Waals surface area contributed by atoms with Gasteiger partial charge in [-0.3, -0.25) is 0 Å². The molecule has 0 atom stereocenters. The Bertz CT molecular complexity index is 343. The van der Waals surface area contributed by atoms with Crippen molar-refractivity contribution in [3.8, 4) is 0 Å². The predicted octanol–water partition coefficient (Wildman–Crippen LogP) is 5.06. The fourth-order valence-electron chi connectivity index (χ4n) is 2.80. The van der Waals surface area contributed by atoms with E-state index in [1.54, 1.807) is 0 Å². The molecule has 1 nitrogen and oxygen atoms in total. The number of nitrogens with one attached hydrogen (secondary N) is 1. The molecule has 1 saturated carbocycles. The van der Waals surface area contributed by atoms with E-state index in [0.717, 1.165) is 5.92 Å². The lowest BCUT2D eigenvalue weighted by atomic mass is 9.83. The Balaban J connectivity index is 1.84. The van der Waals surface area contributed by atoms with Crippen LogP contribution in [0.25, 0.3) is 0 Å². The molecule has 94 valence electrons. The summed E-state index contributed by atoms with van der Waals surface area (Å²) in [5.41, 5.74) is 1.31. The first-order chi connectivity index (χ1) is 8.29. The van der Waals surface area contributed by atoms with E-state index < -0.39 is 0 Å². The molecule has 0 aliphatic heterocycles. The zero-order chi connectivity index (χ0) is 12.1. The highest BCUT2D eigenvalue weighted by Crippen LogP contribution is 2.30. The lowest BCUT2D eigenvalue weighted by molar-refractivity contribution is 0.319. The summed E-state index contributed by atoms with van der Waals surface area (Å²) in [7, 11) is 0. The zero-order valence-electron chi connectivity index (χ0n) is 10.6. The maximum Gasteiger partial charge on any atom is 0.0478 e. The monoisotopic (exact) mass is 343 g/mol. The van der Waals surface area contributed by atoms with E-state index in [4.69, 9.17) is 0 Å². The van der Waals surface area contributed by atoms with E-state index in [1.165, 1.54) is 47.8 Å². The van der Waals surface area contributed by atoms with Gasteiger partial charge in [0.2, 0.25) is 0 Å². The van der Waals surface area contributed by atoms with E-state index in [9.17, 15) is 0 Å². The number of rotatable bonds is 4. The molecule has 1 fully saturated rings. The molecule has 1 aliphatic rings. The summed E-state index contributed by atoms with van der Waals surface area (Å²) in [6.45, 7) is 2.30. The molecule has 0 unspecified atom stereocenters. The minimum absolute atomic E-state index is 0.694. The Morgan fingerprint density at radius 2 is 1.88 bits per heavy atom. The second kappa shape index (κ2) is 6.62. The van der Waals surface area contributed by atoms with Crippen molar-refractivity contribution in [2.75, 3.05) is 5.32 Å². The van der Waals surface area contributed by atoms with Crippen molar-refractivity contribution in [1.82, 2.24) is 0 Å². The smallest absolute Gasteiger partial charge is 0.0478 e. The molecule has 1 N–H and O–H groups in total. The molecule has 1 aliphatic carbocycles. The zero-order valence-corrected chi connectivity index (χ0v) is 12.7. The van der Waals surface area contributed by atoms with Crippen LogP contribution in [0.2, 0.25) is 0 Å². The summed E-state index contributed by atoms with van der Waals surface area (Å²) in [6.07, 6.45) is 8.28. The number of hydrogen-bond acceptors (Lipinski definition) is 1. The van der Waals surface area contributed by atoms with Crippen LogP contribution in [0, 0.1) is 9.49 Å². The Labute approximate surface area is 119 Å². The fourth-order valence-corrected chi connectivity index (χ4v) is 3.34. The van der Waals surface area contributed by atoms with E-state index in [-0.39, 0.29) is 0 Å². The van der Waals surface area contributed by atoms with Crippen LogP contribution in [0.1, 0.15) is 45.4 Å². The van der Waals surface area contributed by atoms with Gasteiger partial charge in [0.15, 0.2) is 0 Å². The molecule has 2 rings (SSSR count). The minimum Gasteiger partial charge on any atom is -0.381 e. The van der Waals surface area contributed by atoms with Crippen LogP contribution in [-0.2, 0) is 0 Å². The molecule has 1 aromatic carbocycles. The molecule has 0 radical (unpaired) electrons. The van der Waals surface area contributed by atoms with Gasteiger partial charge in [0.05, 0.1) is 0 Å². The van der Waals surface area contributed by atoms with Gasteiger partial charge in [0.1, 0.15) is 0 Å². The van der Waals surface area contributed by atoms with Gasteiger partial charge in [-0.15, -0.1) is 0 Å². The summed E-state index contributed by atoms with van der Waals surface area (Å²) in [5, 5.41) is 3.70. The highest BCUT2D eigenvalue weighted by molar-refractivity contribution is 14.1. The van der Waals surface area contributed by atoms with Crippen LogP contribution in [0.4, 0.5) is 5.69 Å². The largest absolute Gasteiger partial charge is 0.381 e. The van der Waals surface area contributed by atoms with Crippen molar-refractivity contribution in [2.45, 2.75) is 51.5 Å². The quantitative estimate of drug-likeness (QED) is 0.754.